The van der Waals surface area contributed by atoms with Crippen LogP contribution < -0.4 is 5.73 Å². The monoisotopic (exact) mass is 251 g/mol. The molecular weight excluding hydrogens is 234 g/mol. The maximum Gasteiger partial charge on any atom is 0.160 e. The number of fused-ring (bicyclic) bond motifs is 1. The Morgan fingerprint density at radius 1 is 1.16 bits per heavy atom. The quantitative estimate of drug-likeness (QED) is 0.758. The van der Waals surface area contributed by atoms with Gasteiger partial charge in [-0.2, -0.15) is 0 Å². The van der Waals surface area contributed by atoms with E-state index in [1.54, 1.807) is 0 Å². The second-order valence-electron chi connectivity index (χ2n) is 4.82. The summed E-state index contributed by atoms with van der Waals surface area (Å²) in [5.41, 5.74) is 12.1. The summed E-state index contributed by atoms with van der Waals surface area (Å²) in [6, 6.07) is 10.5. The van der Waals surface area contributed by atoms with Crippen LogP contribution in [0.15, 0.2) is 42.7 Å². The van der Waals surface area contributed by atoms with E-state index in [2.05, 4.69) is 36.2 Å². The highest BCUT2D eigenvalue weighted by Crippen LogP contribution is 2.23. The summed E-state index contributed by atoms with van der Waals surface area (Å²) in [6.07, 6.45) is 5.07. The van der Waals surface area contributed by atoms with Gasteiger partial charge in [-0.25, -0.2) is 4.98 Å². The van der Waals surface area contributed by atoms with Crippen molar-refractivity contribution in [2.45, 2.75) is 20.3 Å². The molecule has 0 aliphatic carbocycles. The molecule has 3 aromatic rings. The van der Waals surface area contributed by atoms with Crippen LogP contribution in [0.25, 0.3) is 16.9 Å². The lowest BCUT2D eigenvalue weighted by molar-refractivity contribution is 1.14. The second kappa shape index (κ2) is 4.43. The van der Waals surface area contributed by atoms with Crippen molar-refractivity contribution in [3.8, 4) is 11.3 Å². The molecule has 2 heterocycles. The summed E-state index contributed by atoms with van der Waals surface area (Å²) in [4.78, 5) is 4.64. The van der Waals surface area contributed by atoms with Gasteiger partial charge in [0.15, 0.2) is 5.65 Å². The molecular formula is C16H17N3. The Labute approximate surface area is 112 Å². The van der Waals surface area contributed by atoms with Crippen LogP contribution in [0.2, 0.25) is 0 Å². The number of benzene rings is 1. The summed E-state index contributed by atoms with van der Waals surface area (Å²) in [6.45, 7) is 4.16. The van der Waals surface area contributed by atoms with Crippen molar-refractivity contribution >= 4 is 11.3 Å². The average Bonchev–Trinajstić information content (AvgIpc) is 2.88. The van der Waals surface area contributed by atoms with Gasteiger partial charge in [0, 0.05) is 18.0 Å². The summed E-state index contributed by atoms with van der Waals surface area (Å²) in [5, 5.41) is 0. The molecule has 0 saturated heterocycles. The minimum Gasteiger partial charge on any atom is -0.395 e. The highest BCUT2D eigenvalue weighted by molar-refractivity contribution is 5.73. The van der Waals surface area contributed by atoms with Gasteiger partial charge < -0.3 is 10.1 Å². The maximum absolute atomic E-state index is 6.07. The number of nitrogens with zero attached hydrogens (tertiary/aromatic N) is 2. The molecule has 19 heavy (non-hydrogen) atoms. The van der Waals surface area contributed by atoms with Crippen LogP contribution in [-0.2, 0) is 6.42 Å². The molecule has 0 amide bonds. The molecule has 3 rings (SSSR count). The molecule has 2 N–H and O–H groups in total. The minimum absolute atomic E-state index is 0.749. The van der Waals surface area contributed by atoms with Crippen molar-refractivity contribution in [1.29, 1.82) is 0 Å². The molecule has 3 heteroatoms. The number of anilines is 1. The van der Waals surface area contributed by atoms with Crippen molar-refractivity contribution in [2.24, 2.45) is 0 Å². The fourth-order valence-electron chi connectivity index (χ4n) is 2.22. The first kappa shape index (κ1) is 11.8. The Kier molecular flexibility index (Phi) is 2.75. The number of nitrogen functional groups attached to an aromatic ring is 1. The summed E-state index contributed by atoms with van der Waals surface area (Å²) >= 11 is 0. The van der Waals surface area contributed by atoms with E-state index in [1.807, 2.05) is 29.8 Å². The fourth-order valence-corrected chi connectivity index (χ4v) is 2.22. The summed E-state index contributed by atoms with van der Waals surface area (Å²) in [5.74, 6) is 0. The number of nitrogens with two attached hydrogens (primary N) is 1. The molecule has 0 aliphatic heterocycles. The molecule has 0 spiro atoms. The predicted molar refractivity (Wildman–Crippen MR) is 79.2 cm³/mol. The molecule has 1 aromatic carbocycles. The molecule has 0 radical (unpaired) electrons. The van der Waals surface area contributed by atoms with Crippen LogP contribution >= 0.6 is 0 Å². The second-order valence-corrected chi connectivity index (χ2v) is 4.82. The van der Waals surface area contributed by atoms with Gasteiger partial charge in [-0.05, 0) is 30.5 Å². The molecule has 3 nitrogen and oxygen atoms in total. The summed E-state index contributed by atoms with van der Waals surface area (Å²) in [7, 11) is 0. The third-order valence-electron chi connectivity index (χ3n) is 3.54. The van der Waals surface area contributed by atoms with Crippen molar-refractivity contribution in [3.63, 3.8) is 0 Å². The normalized spacial score (nSPS) is 11.1. The molecule has 0 aliphatic rings. The molecule has 0 saturated carbocycles. The minimum atomic E-state index is 0.749. The van der Waals surface area contributed by atoms with E-state index in [-0.39, 0.29) is 0 Å². The van der Waals surface area contributed by atoms with Crippen molar-refractivity contribution in [1.82, 2.24) is 9.38 Å². The molecule has 0 unspecified atom stereocenters. The largest absolute Gasteiger partial charge is 0.395 e. The van der Waals surface area contributed by atoms with Gasteiger partial charge in [0.05, 0.1) is 11.4 Å². The first-order chi connectivity index (χ1) is 9.19. The van der Waals surface area contributed by atoms with Crippen molar-refractivity contribution in [2.75, 3.05) is 5.73 Å². The highest BCUT2D eigenvalue weighted by Gasteiger charge is 2.08. The van der Waals surface area contributed by atoms with E-state index < -0.39 is 0 Å². The van der Waals surface area contributed by atoms with E-state index in [0.717, 1.165) is 34.6 Å². The Balaban J connectivity index is 2.12. The standard InChI is InChI=1S/C16H17N3/c1-3-12-4-6-13(7-5-12)14-10-19-9-8-11(2)15(17)16(19)18-14/h4-10H,3,17H2,1-2H3. The predicted octanol–water partition coefficient (Wildman–Crippen LogP) is 3.45. The lowest BCUT2D eigenvalue weighted by Gasteiger charge is -2.00. The van der Waals surface area contributed by atoms with E-state index in [4.69, 9.17) is 5.73 Å². The van der Waals surface area contributed by atoms with Gasteiger partial charge in [0.2, 0.25) is 0 Å². The highest BCUT2D eigenvalue weighted by atomic mass is 15.0. The van der Waals surface area contributed by atoms with Gasteiger partial charge in [-0.3, -0.25) is 0 Å². The van der Waals surface area contributed by atoms with Gasteiger partial charge in [0.1, 0.15) is 0 Å². The SMILES string of the molecule is CCc1ccc(-c2cn3ccc(C)c(N)c3n2)cc1. The fraction of sp³-hybridized carbons (Fsp3) is 0.188. The van der Waals surface area contributed by atoms with Crippen molar-refractivity contribution in [3.05, 3.63) is 53.9 Å². The molecule has 96 valence electrons. The first-order valence-electron chi connectivity index (χ1n) is 6.52. The molecule has 0 fully saturated rings. The zero-order valence-corrected chi connectivity index (χ0v) is 11.2. The number of aryl methyl sites for hydroxylation is 2. The zero-order valence-electron chi connectivity index (χ0n) is 11.2. The summed E-state index contributed by atoms with van der Waals surface area (Å²) < 4.78 is 1.98. The third-order valence-corrected chi connectivity index (χ3v) is 3.54. The number of rotatable bonds is 2. The smallest absolute Gasteiger partial charge is 0.160 e. The average molecular weight is 251 g/mol. The Morgan fingerprint density at radius 2 is 1.89 bits per heavy atom. The van der Waals surface area contributed by atoms with Crippen LogP contribution in [0.1, 0.15) is 18.1 Å². The van der Waals surface area contributed by atoms with Gasteiger partial charge in [-0.15, -0.1) is 0 Å². The third kappa shape index (κ3) is 1.97. The van der Waals surface area contributed by atoms with Gasteiger partial charge in [-0.1, -0.05) is 31.2 Å². The molecule has 2 aromatic heterocycles. The lowest BCUT2D eigenvalue weighted by atomic mass is 10.1. The van der Waals surface area contributed by atoms with Gasteiger partial charge in [0.25, 0.3) is 0 Å². The van der Waals surface area contributed by atoms with Gasteiger partial charge >= 0.3 is 0 Å². The maximum atomic E-state index is 6.07. The number of hydrogen-bond donors (Lipinski definition) is 1. The number of imidazole rings is 1. The van der Waals surface area contributed by atoms with Crippen LogP contribution in [0, 0.1) is 6.92 Å². The molecule has 0 atom stereocenters. The van der Waals surface area contributed by atoms with Crippen LogP contribution in [-0.4, -0.2) is 9.38 Å². The van der Waals surface area contributed by atoms with Crippen molar-refractivity contribution < 1.29 is 0 Å². The number of aromatic nitrogens is 2. The van der Waals surface area contributed by atoms with E-state index in [9.17, 15) is 0 Å². The lowest BCUT2D eigenvalue weighted by Crippen LogP contribution is -1.94. The molecule has 0 bridgehead atoms. The first-order valence-corrected chi connectivity index (χ1v) is 6.52. The van der Waals surface area contributed by atoms with E-state index >= 15 is 0 Å². The van der Waals surface area contributed by atoms with Crippen LogP contribution in [0.5, 0.6) is 0 Å². The Hall–Kier alpha value is -2.29. The number of hydrogen-bond acceptors (Lipinski definition) is 2. The topological polar surface area (TPSA) is 43.3 Å². The van der Waals surface area contributed by atoms with E-state index in [1.165, 1.54) is 5.56 Å². The zero-order chi connectivity index (χ0) is 13.4. The Bertz CT molecular complexity index is 724. The number of pyridine rings is 1. The van der Waals surface area contributed by atoms with E-state index in [0.29, 0.717) is 0 Å². The van der Waals surface area contributed by atoms with Crippen LogP contribution in [0.3, 0.4) is 0 Å². The Morgan fingerprint density at radius 3 is 2.58 bits per heavy atom. The van der Waals surface area contributed by atoms with Crippen LogP contribution in [0.4, 0.5) is 5.69 Å².